The lowest BCUT2D eigenvalue weighted by molar-refractivity contribution is 0.0715. The van der Waals surface area contributed by atoms with Crippen LogP contribution in [-0.4, -0.2) is 5.97 Å². The summed E-state index contributed by atoms with van der Waals surface area (Å²) in [5, 5.41) is 0. The Morgan fingerprint density at radius 1 is 1.13 bits per heavy atom. The summed E-state index contributed by atoms with van der Waals surface area (Å²) in [6.45, 7) is 2.40. The Kier molecular flexibility index (Phi) is 4.42. The van der Waals surface area contributed by atoms with Gasteiger partial charge in [0.2, 0.25) is 0 Å². The quantitative estimate of drug-likeness (QED) is 0.750. The third-order valence-electron chi connectivity index (χ3n) is 3.62. The first kappa shape index (κ1) is 15.3. The lowest BCUT2D eigenvalue weighted by atomic mass is 10.1. The molecule has 4 heteroatoms. The van der Waals surface area contributed by atoms with Gasteiger partial charge in [-0.25, -0.2) is 9.18 Å². The number of benzene rings is 2. The van der Waals surface area contributed by atoms with Crippen LogP contribution in [0.1, 0.15) is 41.3 Å². The Labute approximate surface area is 134 Å². The number of halogens is 1. The van der Waals surface area contributed by atoms with Gasteiger partial charge in [0.15, 0.2) is 0 Å². The monoisotopic (exact) mass is 312 g/mol. The number of rotatable bonds is 5. The van der Waals surface area contributed by atoms with Crippen molar-refractivity contribution in [3.8, 4) is 5.75 Å². The normalized spacial score (nSPS) is 14.7. The fraction of sp³-hybridized carbons (Fsp3) is 0.211. The highest BCUT2D eigenvalue weighted by Gasteiger charge is 2.26. The third kappa shape index (κ3) is 3.42. The molecule has 0 atom stereocenters. The topological polar surface area (TPSA) is 35.5 Å². The van der Waals surface area contributed by atoms with E-state index < -0.39 is 0 Å². The SMILES string of the molecule is CCC/C=C1\OC(=O)c2ccc(OCc3ccc(F)cc3)cc21. The molecular weight excluding hydrogens is 295 g/mol. The highest BCUT2D eigenvalue weighted by molar-refractivity contribution is 6.03. The fourth-order valence-corrected chi connectivity index (χ4v) is 2.38. The van der Waals surface area contributed by atoms with Gasteiger partial charge < -0.3 is 9.47 Å². The summed E-state index contributed by atoms with van der Waals surface area (Å²) < 4.78 is 23.9. The van der Waals surface area contributed by atoms with Crippen LogP contribution in [0.2, 0.25) is 0 Å². The molecule has 1 aliphatic rings. The van der Waals surface area contributed by atoms with Gasteiger partial charge in [-0.1, -0.05) is 25.5 Å². The van der Waals surface area contributed by atoms with E-state index in [4.69, 9.17) is 9.47 Å². The van der Waals surface area contributed by atoms with Gasteiger partial charge in [0.25, 0.3) is 0 Å². The molecule has 0 N–H and O–H groups in total. The molecule has 0 aromatic heterocycles. The molecule has 0 bridgehead atoms. The van der Waals surface area contributed by atoms with Crippen LogP contribution in [0.5, 0.6) is 5.75 Å². The average molecular weight is 312 g/mol. The predicted octanol–water partition coefficient (Wildman–Crippen LogP) is 4.72. The minimum atomic E-state index is -0.326. The van der Waals surface area contributed by atoms with Gasteiger partial charge in [-0.15, -0.1) is 0 Å². The van der Waals surface area contributed by atoms with Crippen molar-refractivity contribution in [3.63, 3.8) is 0 Å². The Hall–Kier alpha value is -2.62. The molecule has 0 saturated heterocycles. The van der Waals surface area contributed by atoms with Crippen molar-refractivity contribution in [2.24, 2.45) is 0 Å². The molecule has 0 saturated carbocycles. The van der Waals surface area contributed by atoms with Crippen molar-refractivity contribution in [1.29, 1.82) is 0 Å². The van der Waals surface area contributed by atoms with E-state index in [9.17, 15) is 9.18 Å². The van der Waals surface area contributed by atoms with Gasteiger partial charge >= 0.3 is 5.97 Å². The first-order chi connectivity index (χ1) is 11.2. The molecule has 0 radical (unpaired) electrons. The van der Waals surface area contributed by atoms with Crippen molar-refractivity contribution in [2.45, 2.75) is 26.4 Å². The number of fused-ring (bicyclic) bond motifs is 1. The minimum absolute atomic E-state index is 0.271. The van der Waals surface area contributed by atoms with Crippen LogP contribution in [0.15, 0.2) is 48.5 Å². The van der Waals surface area contributed by atoms with E-state index in [0.717, 1.165) is 24.0 Å². The van der Waals surface area contributed by atoms with Gasteiger partial charge in [0.1, 0.15) is 23.9 Å². The second-order valence-corrected chi connectivity index (χ2v) is 5.37. The summed E-state index contributed by atoms with van der Waals surface area (Å²) in [5.41, 5.74) is 2.20. The average Bonchev–Trinajstić information content (AvgIpc) is 2.88. The van der Waals surface area contributed by atoms with Crippen molar-refractivity contribution in [1.82, 2.24) is 0 Å². The van der Waals surface area contributed by atoms with Crippen molar-refractivity contribution < 1.29 is 18.7 Å². The smallest absolute Gasteiger partial charge is 0.344 e. The Balaban J connectivity index is 1.77. The number of allylic oxidation sites excluding steroid dienone is 1. The Bertz CT molecular complexity index is 748. The number of carbonyl (C=O) groups is 1. The second kappa shape index (κ2) is 6.65. The van der Waals surface area contributed by atoms with Gasteiger partial charge in [-0.2, -0.15) is 0 Å². The lowest BCUT2D eigenvalue weighted by Crippen LogP contribution is -1.97. The van der Waals surface area contributed by atoms with Crippen LogP contribution in [0.4, 0.5) is 4.39 Å². The molecule has 2 aromatic rings. The highest BCUT2D eigenvalue weighted by Crippen LogP contribution is 2.33. The number of hydrogen-bond donors (Lipinski definition) is 0. The molecule has 0 unspecified atom stereocenters. The predicted molar refractivity (Wildman–Crippen MR) is 85.5 cm³/mol. The molecule has 23 heavy (non-hydrogen) atoms. The summed E-state index contributed by atoms with van der Waals surface area (Å²) in [7, 11) is 0. The zero-order valence-electron chi connectivity index (χ0n) is 12.8. The van der Waals surface area contributed by atoms with Crippen LogP contribution in [0.25, 0.3) is 5.76 Å². The van der Waals surface area contributed by atoms with Gasteiger partial charge in [0.05, 0.1) is 5.56 Å². The van der Waals surface area contributed by atoms with Gasteiger partial charge in [0, 0.05) is 5.56 Å². The molecule has 1 aliphatic heterocycles. The molecule has 1 heterocycles. The maximum atomic E-state index is 12.9. The molecule has 0 amide bonds. The van der Waals surface area contributed by atoms with Crippen LogP contribution in [-0.2, 0) is 11.3 Å². The summed E-state index contributed by atoms with van der Waals surface area (Å²) in [6.07, 6.45) is 3.76. The summed E-state index contributed by atoms with van der Waals surface area (Å²) in [6, 6.07) is 11.4. The van der Waals surface area contributed by atoms with E-state index in [0.29, 0.717) is 23.7 Å². The summed E-state index contributed by atoms with van der Waals surface area (Å²) in [5.74, 6) is 0.646. The second-order valence-electron chi connectivity index (χ2n) is 5.37. The zero-order valence-corrected chi connectivity index (χ0v) is 12.8. The zero-order chi connectivity index (χ0) is 16.2. The molecule has 3 rings (SSSR count). The summed E-state index contributed by atoms with van der Waals surface area (Å²) >= 11 is 0. The molecule has 0 aliphatic carbocycles. The van der Waals surface area contributed by atoms with Crippen LogP contribution >= 0.6 is 0 Å². The number of unbranched alkanes of at least 4 members (excludes halogenated alkanes) is 1. The van der Waals surface area contributed by atoms with Crippen LogP contribution in [0.3, 0.4) is 0 Å². The van der Waals surface area contributed by atoms with Crippen LogP contribution in [0, 0.1) is 5.82 Å². The molecular formula is C19H17FO3. The first-order valence-electron chi connectivity index (χ1n) is 7.61. The number of ether oxygens (including phenoxy) is 2. The minimum Gasteiger partial charge on any atom is -0.489 e. The number of esters is 1. The molecule has 118 valence electrons. The fourth-order valence-electron chi connectivity index (χ4n) is 2.38. The van der Waals surface area contributed by atoms with Crippen LogP contribution < -0.4 is 4.74 Å². The molecule has 0 spiro atoms. The van der Waals surface area contributed by atoms with Crippen molar-refractivity contribution in [2.75, 3.05) is 0 Å². The maximum absolute atomic E-state index is 12.9. The highest BCUT2D eigenvalue weighted by atomic mass is 19.1. The molecule has 0 fully saturated rings. The number of carbonyl (C=O) groups excluding carboxylic acids is 1. The Morgan fingerprint density at radius 2 is 1.91 bits per heavy atom. The van der Waals surface area contributed by atoms with E-state index in [-0.39, 0.29) is 11.8 Å². The van der Waals surface area contributed by atoms with E-state index in [1.54, 1.807) is 24.3 Å². The summed E-state index contributed by atoms with van der Waals surface area (Å²) in [4.78, 5) is 11.8. The Morgan fingerprint density at radius 3 is 2.65 bits per heavy atom. The van der Waals surface area contributed by atoms with Gasteiger partial charge in [-0.3, -0.25) is 0 Å². The van der Waals surface area contributed by atoms with E-state index >= 15 is 0 Å². The third-order valence-corrected chi connectivity index (χ3v) is 3.62. The van der Waals surface area contributed by atoms with Crippen molar-refractivity contribution >= 4 is 11.7 Å². The molecule has 2 aromatic carbocycles. The van der Waals surface area contributed by atoms with E-state index in [2.05, 4.69) is 6.92 Å². The maximum Gasteiger partial charge on any atom is 0.344 e. The van der Waals surface area contributed by atoms with E-state index in [1.807, 2.05) is 12.1 Å². The molecule has 3 nitrogen and oxygen atoms in total. The largest absolute Gasteiger partial charge is 0.489 e. The number of cyclic esters (lactones) is 1. The standard InChI is InChI=1S/C19H17FO3/c1-2-3-4-18-17-11-15(9-10-16(17)19(21)23-18)22-12-13-5-7-14(20)8-6-13/h4-11H,2-3,12H2,1H3/b18-4-. The lowest BCUT2D eigenvalue weighted by Gasteiger charge is -2.07. The van der Waals surface area contributed by atoms with Gasteiger partial charge in [-0.05, 0) is 48.4 Å². The van der Waals surface area contributed by atoms with Crippen molar-refractivity contribution in [3.05, 3.63) is 71.0 Å². The number of hydrogen-bond acceptors (Lipinski definition) is 3. The van der Waals surface area contributed by atoms with E-state index in [1.165, 1.54) is 12.1 Å². The first-order valence-corrected chi connectivity index (χ1v) is 7.61.